The second-order valence-electron chi connectivity index (χ2n) is 7.12. The highest BCUT2D eigenvalue weighted by Gasteiger charge is 2.19. The maximum atomic E-state index is 12.0. The lowest BCUT2D eigenvalue weighted by Crippen LogP contribution is -3.15. The lowest BCUT2D eigenvalue weighted by Gasteiger charge is -2.33. The zero-order chi connectivity index (χ0) is 19.8. The van der Waals surface area contributed by atoms with Gasteiger partial charge in [-0.15, -0.1) is 0 Å². The fourth-order valence-corrected chi connectivity index (χ4v) is 3.48. The van der Waals surface area contributed by atoms with Gasteiger partial charge in [-0.25, -0.2) is 4.79 Å². The average molecular weight is 384 g/mol. The molecule has 0 saturated carbocycles. The van der Waals surface area contributed by atoms with Crippen LogP contribution in [-0.2, 0) is 6.42 Å². The van der Waals surface area contributed by atoms with Crippen LogP contribution >= 0.6 is 0 Å². The van der Waals surface area contributed by atoms with E-state index in [1.54, 1.807) is 7.11 Å². The molecule has 0 radical (unpaired) electrons. The van der Waals surface area contributed by atoms with Gasteiger partial charge in [-0.2, -0.15) is 0 Å². The van der Waals surface area contributed by atoms with Crippen LogP contribution in [-0.4, -0.2) is 52.4 Å². The van der Waals surface area contributed by atoms with Gasteiger partial charge in [0.25, 0.3) is 0 Å². The van der Waals surface area contributed by atoms with Crippen LogP contribution in [0.4, 0.5) is 16.2 Å². The zero-order valence-corrected chi connectivity index (χ0v) is 16.8. The number of benzene rings is 2. The van der Waals surface area contributed by atoms with Crippen LogP contribution in [0.2, 0.25) is 0 Å². The van der Waals surface area contributed by atoms with Gasteiger partial charge in [0, 0.05) is 11.4 Å². The Bertz CT molecular complexity index is 738. The van der Waals surface area contributed by atoms with E-state index in [1.165, 1.54) is 16.2 Å². The minimum Gasteiger partial charge on any atom is -0.497 e. The van der Waals surface area contributed by atoms with E-state index in [1.807, 2.05) is 24.3 Å². The molecule has 6 heteroatoms. The second kappa shape index (κ2) is 9.99. The largest absolute Gasteiger partial charge is 0.497 e. The van der Waals surface area contributed by atoms with E-state index in [2.05, 4.69) is 46.7 Å². The van der Waals surface area contributed by atoms with E-state index >= 15 is 0 Å². The minimum absolute atomic E-state index is 0.167. The van der Waals surface area contributed by atoms with Crippen LogP contribution in [0.25, 0.3) is 0 Å². The van der Waals surface area contributed by atoms with Crippen molar-refractivity contribution in [2.24, 2.45) is 0 Å². The standard InChI is InChI=1S/C22H30N4O2/c1-3-18-4-8-20(9-5-18)26-16-14-25(15-17-26)13-12-23-22(27)24-19-6-10-21(28-2)11-7-19/h4-11H,3,12-17H2,1-2H3,(H2,23,24,27)/p+1. The smallest absolute Gasteiger partial charge is 0.319 e. The van der Waals surface area contributed by atoms with Gasteiger partial charge in [0.2, 0.25) is 0 Å². The highest BCUT2D eigenvalue weighted by Crippen LogP contribution is 2.16. The van der Waals surface area contributed by atoms with Crippen LogP contribution in [0.1, 0.15) is 12.5 Å². The Morgan fingerprint density at radius 2 is 1.75 bits per heavy atom. The molecule has 2 aromatic rings. The van der Waals surface area contributed by atoms with Gasteiger partial charge in [0.05, 0.1) is 46.4 Å². The summed E-state index contributed by atoms with van der Waals surface area (Å²) in [6.45, 7) is 8.09. The maximum absolute atomic E-state index is 12.0. The number of nitrogens with zero attached hydrogens (tertiary/aromatic N) is 1. The first-order chi connectivity index (χ1) is 13.7. The van der Waals surface area contributed by atoms with Crippen LogP contribution in [0, 0.1) is 0 Å². The molecule has 1 aliphatic rings. The Hall–Kier alpha value is -2.73. The van der Waals surface area contributed by atoms with Crippen molar-refractivity contribution in [1.29, 1.82) is 0 Å². The highest BCUT2D eigenvalue weighted by atomic mass is 16.5. The molecule has 2 aromatic carbocycles. The molecular weight excluding hydrogens is 352 g/mol. The molecule has 1 aliphatic heterocycles. The molecule has 0 aromatic heterocycles. The topological polar surface area (TPSA) is 58.0 Å². The maximum Gasteiger partial charge on any atom is 0.319 e. The Labute approximate surface area is 167 Å². The third-order valence-electron chi connectivity index (χ3n) is 5.29. The Kier molecular flexibility index (Phi) is 7.14. The summed E-state index contributed by atoms with van der Waals surface area (Å²) >= 11 is 0. The van der Waals surface area contributed by atoms with E-state index in [0.29, 0.717) is 6.54 Å². The van der Waals surface area contributed by atoms with Crippen molar-refractivity contribution in [3.63, 3.8) is 0 Å². The molecule has 3 N–H and O–H groups in total. The van der Waals surface area contributed by atoms with Gasteiger partial charge >= 0.3 is 6.03 Å². The number of anilines is 2. The second-order valence-corrected chi connectivity index (χ2v) is 7.12. The summed E-state index contributed by atoms with van der Waals surface area (Å²) in [6.07, 6.45) is 1.08. The molecular formula is C22H31N4O2+. The van der Waals surface area contributed by atoms with E-state index in [-0.39, 0.29) is 6.03 Å². The summed E-state index contributed by atoms with van der Waals surface area (Å²) in [6, 6.07) is 16.1. The molecule has 2 amide bonds. The number of methoxy groups -OCH3 is 1. The molecule has 0 bridgehead atoms. The number of urea groups is 1. The normalized spacial score (nSPS) is 14.6. The number of carbonyl (C=O) groups excluding carboxylic acids is 1. The van der Waals surface area contributed by atoms with Gasteiger partial charge in [-0.3, -0.25) is 0 Å². The third-order valence-corrected chi connectivity index (χ3v) is 5.29. The monoisotopic (exact) mass is 383 g/mol. The molecule has 150 valence electrons. The number of nitrogens with one attached hydrogen (secondary N) is 3. The number of rotatable bonds is 7. The summed E-state index contributed by atoms with van der Waals surface area (Å²) in [4.78, 5) is 16.0. The number of ether oxygens (including phenoxy) is 1. The van der Waals surface area contributed by atoms with Gasteiger partial charge < -0.3 is 25.2 Å². The van der Waals surface area contributed by atoms with Gasteiger partial charge in [0.1, 0.15) is 5.75 Å². The van der Waals surface area contributed by atoms with Crippen molar-refractivity contribution in [2.75, 3.05) is 56.6 Å². The molecule has 0 aliphatic carbocycles. The van der Waals surface area contributed by atoms with E-state index in [0.717, 1.165) is 50.6 Å². The molecule has 3 rings (SSSR count). The Morgan fingerprint density at radius 3 is 2.36 bits per heavy atom. The number of quaternary nitrogens is 1. The lowest BCUT2D eigenvalue weighted by molar-refractivity contribution is -0.899. The molecule has 6 nitrogen and oxygen atoms in total. The first-order valence-corrected chi connectivity index (χ1v) is 10.0. The molecule has 0 atom stereocenters. The van der Waals surface area contributed by atoms with E-state index in [4.69, 9.17) is 4.74 Å². The molecule has 0 unspecified atom stereocenters. The van der Waals surface area contributed by atoms with Crippen molar-refractivity contribution in [3.05, 3.63) is 54.1 Å². The van der Waals surface area contributed by atoms with Crippen LogP contribution < -0.4 is 25.2 Å². The fraction of sp³-hybridized carbons (Fsp3) is 0.409. The molecule has 1 saturated heterocycles. The summed E-state index contributed by atoms with van der Waals surface area (Å²) in [5.74, 6) is 0.773. The Morgan fingerprint density at radius 1 is 1.07 bits per heavy atom. The average Bonchev–Trinajstić information content (AvgIpc) is 2.75. The van der Waals surface area contributed by atoms with Gasteiger partial charge in [0.15, 0.2) is 0 Å². The SMILES string of the molecule is CCc1ccc(N2CC[NH+](CCNC(=O)Nc3ccc(OC)cc3)CC2)cc1. The number of aryl methyl sites for hydroxylation is 1. The molecule has 0 spiro atoms. The first-order valence-electron chi connectivity index (χ1n) is 10.0. The first kappa shape index (κ1) is 20.0. The number of amides is 2. The Balaban J connectivity index is 1.35. The van der Waals surface area contributed by atoms with Crippen LogP contribution in [0.5, 0.6) is 5.75 Å². The third kappa shape index (κ3) is 5.63. The van der Waals surface area contributed by atoms with E-state index < -0.39 is 0 Å². The summed E-state index contributed by atoms with van der Waals surface area (Å²) in [7, 11) is 1.62. The summed E-state index contributed by atoms with van der Waals surface area (Å²) in [5.41, 5.74) is 3.45. The number of hydrogen-bond acceptors (Lipinski definition) is 3. The highest BCUT2D eigenvalue weighted by molar-refractivity contribution is 5.89. The quantitative estimate of drug-likeness (QED) is 0.683. The summed E-state index contributed by atoms with van der Waals surface area (Å²) in [5, 5.41) is 5.79. The van der Waals surface area contributed by atoms with Crippen molar-refractivity contribution in [1.82, 2.24) is 5.32 Å². The number of piperazine rings is 1. The number of hydrogen-bond donors (Lipinski definition) is 3. The predicted molar refractivity (Wildman–Crippen MR) is 114 cm³/mol. The number of carbonyl (C=O) groups is 1. The zero-order valence-electron chi connectivity index (χ0n) is 16.8. The molecule has 1 heterocycles. The van der Waals surface area contributed by atoms with Crippen molar-refractivity contribution >= 4 is 17.4 Å². The fourth-order valence-electron chi connectivity index (χ4n) is 3.48. The van der Waals surface area contributed by atoms with Gasteiger partial charge in [-0.05, 0) is 48.4 Å². The van der Waals surface area contributed by atoms with Crippen molar-refractivity contribution < 1.29 is 14.4 Å². The van der Waals surface area contributed by atoms with Crippen molar-refractivity contribution in [2.45, 2.75) is 13.3 Å². The predicted octanol–water partition coefficient (Wildman–Crippen LogP) is 1.78. The molecule has 28 heavy (non-hydrogen) atoms. The van der Waals surface area contributed by atoms with E-state index in [9.17, 15) is 4.79 Å². The van der Waals surface area contributed by atoms with Crippen LogP contribution in [0.15, 0.2) is 48.5 Å². The van der Waals surface area contributed by atoms with Crippen molar-refractivity contribution in [3.8, 4) is 5.75 Å². The lowest BCUT2D eigenvalue weighted by atomic mass is 10.1. The van der Waals surface area contributed by atoms with Crippen LogP contribution in [0.3, 0.4) is 0 Å². The minimum atomic E-state index is -0.167. The summed E-state index contributed by atoms with van der Waals surface area (Å²) < 4.78 is 5.12. The molecule has 1 fully saturated rings. The van der Waals surface area contributed by atoms with Gasteiger partial charge in [-0.1, -0.05) is 19.1 Å².